The molecule has 3 N–H and O–H groups in total. The van der Waals surface area contributed by atoms with E-state index >= 15 is 0 Å². The molecule has 0 aliphatic carbocycles. The number of aromatic nitrogens is 1. The van der Waals surface area contributed by atoms with Gasteiger partial charge in [-0.15, -0.1) is 0 Å². The number of nitrogens with zero attached hydrogens (tertiary/aromatic N) is 1. The fraction of sp³-hybridized carbons (Fsp3) is 0.409. The highest BCUT2D eigenvalue weighted by Crippen LogP contribution is 2.22. The lowest BCUT2D eigenvalue weighted by molar-refractivity contribution is -0.137. The summed E-state index contributed by atoms with van der Waals surface area (Å²) in [5.41, 5.74) is 2.15. The minimum Gasteiger partial charge on any atom is -0.481 e. The largest absolute Gasteiger partial charge is 0.481 e. The summed E-state index contributed by atoms with van der Waals surface area (Å²) in [4.78, 5) is 27.6. The molecule has 0 aliphatic rings. The van der Waals surface area contributed by atoms with Crippen molar-refractivity contribution in [3.05, 3.63) is 66.0 Å². The summed E-state index contributed by atoms with van der Waals surface area (Å²) >= 11 is 0. The maximum atomic E-state index is 12.5. The Balaban J connectivity index is 1.94. The number of amides is 2. The number of nitrogens with one attached hydrogen (secondary N) is 2. The Labute approximate surface area is 166 Å². The molecular weight excluding hydrogens is 354 g/mol. The van der Waals surface area contributed by atoms with Crippen LogP contribution in [0.4, 0.5) is 4.79 Å². The second-order valence-corrected chi connectivity index (χ2v) is 7.31. The number of carbonyl (C=O) groups excluding carboxylic acids is 1. The molecule has 0 saturated carbocycles. The zero-order valence-electron chi connectivity index (χ0n) is 16.5. The molecule has 0 aliphatic heterocycles. The maximum absolute atomic E-state index is 12.5. The molecule has 1 aromatic carbocycles. The second kappa shape index (κ2) is 11.1. The highest BCUT2D eigenvalue weighted by Gasteiger charge is 2.19. The molecule has 28 heavy (non-hydrogen) atoms. The van der Waals surface area contributed by atoms with E-state index in [0.29, 0.717) is 25.3 Å². The van der Waals surface area contributed by atoms with Gasteiger partial charge < -0.3 is 15.7 Å². The summed E-state index contributed by atoms with van der Waals surface area (Å²) in [5, 5.41) is 14.9. The molecule has 6 nitrogen and oxygen atoms in total. The van der Waals surface area contributed by atoms with Crippen molar-refractivity contribution in [2.75, 3.05) is 6.54 Å². The molecule has 1 heterocycles. The quantitative estimate of drug-likeness (QED) is 0.585. The van der Waals surface area contributed by atoms with E-state index < -0.39 is 5.97 Å². The summed E-state index contributed by atoms with van der Waals surface area (Å²) in [6.45, 7) is 4.72. The van der Waals surface area contributed by atoms with Crippen LogP contribution >= 0.6 is 0 Å². The Kier molecular flexibility index (Phi) is 8.46. The van der Waals surface area contributed by atoms with E-state index in [4.69, 9.17) is 5.11 Å². The van der Waals surface area contributed by atoms with Crippen LogP contribution in [-0.2, 0) is 11.2 Å². The number of pyridine rings is 1. The maximum Gasteiger partial charge on any atom is 0.315 e. The van der Waals surface area contributed by atoms with Gasteiger partial charge in [0, 0.05) is 37.3 Å². The summed E-state index contributed by atoms with van der Waals surface area (Å²) < 4.78 is 0. The van der Waals surface area contributed by atoms with Crippen LogP contribution < -0.4 is 10.6 Å². The Morgan fingerprint density at radius 3 is 2.46 bits per heavy atom. The number of carbonyl (C=O) groups is 2. The normalized spacial score (nSPS) is 13.0. The Hall–Kier alpha value is -2.89. The highest BCUT2D eigenvalue weighted by atomic mass is 16.4. The molecule has 0 spiro atoms. The molecule has 2 aromatic rings. The molecule has 1 aromatic heterocycles. The smallest absolute Gasteiger partial charge is 0.315 e. The third kappa shape index (κ3) is 7.39. The Morgan fingerprint density at radius 2 is 1.86 bits per heavy atom. The number of aliphatic carboxylic acids is 1. The van der Waals surface area contributed by atoms with Crippen molar-refractivity contribution >= 4 is 12.0 Å². The van der Waals surface area contributed by atoms with Crippen molar-refractivity contribution in [1.82, 2.24) is 15.6 Å². The summed E-state index contributed by atoms with van der Waals surface area (Å²) in [6, 6.07) is 13.1. The van der Waals surface area contributed by atoms with Gasteiger partial charge in [0.1, 0.15) is 0 Å². The van der Waals surface area contributed by atoms with Crippen LogP contribution in [0, 0.1) is 5.92 Å². The second-order valence-electron chi connectivity index (χ2n) is 7.31. The summed E-state index contributed by atoms with van der Waals surface area (Å²) in [5.74, 6) is -0.362. The lowest BCUT2D eigenvalue weighted by Crippen LogP contribution is -2.44. The Morgan fingerprint density at radius 1 is 1.11 bits per heavy atom. The zero-order chi connectivity index (χ0) is 20.4. The van der Waals surface area contributed by atoms with Gasteiger partial charge in [-0.1, -0.05) is 50.2 Å². The van der Waals surface area contributed by atoms with E-state index in [-0.39, 0.29) is 24.4 Å². The predicted octanol–water partition coefficient (Wildman–Crippen LogP) is 3.60. The fourth-order valence-electron chi connectivity index (χ4n) is 3.19. The van der Waals surface area contributed by atoms with E-state index in [0.717, 1.165) is 11.1 Å². The number of carboxylic acids is 1. The number of hydrogen-bond acceptors (Lipinski definition) is 3. The average molecular weight is 383 g/mol. The molecule has 150 valence electrons. The first-order valence-corrected chi connectivity index (χ1v) is 9.65. The zero-order valence-corrected chi connectivity index (χ0v) is 16.5. The van der Waals surface area contributed by atoms with Gasteiger partial charge >= 0.3 is 12.0 Å². The van der Waals surface area contributed by atoms with Gasteiger partial charge in [0.2, 0.25) is 0 Å². The van der Waals surface area contributed by atoms with Crippen LogP contribution in [0.1, 0.15) is 43.7 Å². The Bertz CT molecular complexity index is 735. The average Bonchev–Trinajstić information content (AvgIpc) is 2.67. The number of rotatable bonds is 10. The van der Waals surface area contributed by atoms with E-state index in [1.807, 2.05) is 48.7 Å². The van der Waals surface area contributed by atoms with Crippen molar-refractivity contribution in [3.63, 3.8) is 0 Å². The standard InChI is InChI=1S/C22H29N3O3/c1-16(2)20(18-9-6-12-23-14-18)15-24-22(28)25-19(10-11-21(26)27)13-17-7-4-3-5-8-17/h3-9,12,14,16,19-20H,10-11,13,15H2,1-2H3,(H,26,27)(H2,24,25,28). The van der Waals surface area contributed by atoms with Crippen molar-refractivity contribution < 1.29 is 14.7 Å². The molecule has 2 unspecified atom stereocenters. The first-order valence-electron chi connectivity index (χ1n) is 9.65. The van der Waals surface area contributed by atoms with Gasteiger partial charge in [-0.05, 0) is 36.0 Å². The van der Waals surface area contributed by atoms with Crippen LogP contribution in [0.3, 0.4) is 0 Å². The third-order valence-corrected chi connectivity index (χ3v) is 4.77. The van der Waals surface area contributed by atoms with Gasteiger partial charge in [0.25, 0.3) is 0 Å². The number of urea groups is 1. The molecule has 2 amide bonds. The molecule has 0 radical (unpaired) electrons. The van der Waals surface area contributed by atoms with Gasteiger partial charge in [-0.3, -0.25) is 9.78 Å². The number of benzene rings is 1. The molecule has 2 atom stereocenters. The van der Waals surface area contributed by atoms with Crippen LogP contribution in [0.2, 0.25) is 0 Å². The summed E-state index contributed by atoms with van der Waals surface area (Å²) in [7, 11) is 0. The highest BCUT2D eigenvalue weighted by molar-refractivity contribution is 5.74. The molecule has 0 bridgehead atoms. The molecule has 6 heteroatoms. The summed E-state index contributed by atoms with van der Waals surface area (Å²) in [6.07, 6.45) is 4.56. The van der Waals surface area contributed by atoms with Gasteiger partial charge in [-0.2, -0.15) is 0 Å². The number of carboxylic acid groups (broad SMARTS) is 1. The van der Waals surface area contributed by atoms with Gasteiger partial charge in [-0.25, -0.2) is 4.79 Å². The number of hydrogen-bond donors (Lipinski definition) is 3. The molecule has 2 rings (SSSR count). The minimum atomic E-state index is -0.864. The lowest BCUT2D eigenvalue weighted by atomic mass is 9.89. The van der Waals surface area contributed by atoms with Crippen LogP contribution in [0.25, 0.3) is 0 Å². The predicted molar refractivity (Wildman–Crippen MR) is 109 cm³/mol. The van der Waals surface area contributed by atoms with E-state index in [1.54, 1.807) is 6.20 Å². The van der Waals surface area contributed by atoms with E-state index in [9.17, 15) is 9.59 Å². The van der Waals surface area contributed by atoms with Crippen LogP contribution in [-0.4, -0.2) is 34.7 Å². The monoisotopic (exact) mass is 383 g/mol. The van der Waals surface area contributed by atoms with Crippen LogP contribution in [0.15, 0.2) is 54.9 Å². The van der Waals surface area contributed by atoms with Crippen LogP contribution in [0.5, 0.6) is 0 Å². The van der Waals surface area contributed by atoms with Crippen molar-refractivity contribution in [2.45, 2.75) is 45.1 Å². The van der Waals surface area contributed by atoms with E-state index in [1.165, 1.54) is 0 Å². The first-order chi connectivity index (χ1) is 13.5. The van der Waals surface area contributed by atoms with Gasteiger partial charge in [0.05, 0.1) is 0 Å². The first kappa shape index (κ1) is 21.4. The van der Waals surface area contributed by atoms with Crippen molar-refractivity contribution in [2.24, 2.45) is 5.92 Å². The fourth-order valence-corrected chi connectivity index (χ4v) is 3.19. The molecule has 0 fully saturated rings. The lowest BCUT2D eigenvalue weighted by Gasteiger charge is -2.23. The van der Waals surface area contributed by atoms with Crippen molar-refractivity contribution in [3.8, 4) is 0 Å². The van der Waals surface area contributed by atoms with E-state index in [2.05, 4.69) is 29.5 Å². The SMILES string of the molecule is CC(C)C(CNC(=O)NC(CCC(=O)O)Cc1ccccc1)c1cccnc1. The minimum absolute atomic E-state index is 0.0160. The van der Waals surface area contributed by atoms with Crippen molar-refractivity contribution in [1.29, 1.82) is 0 Å². The molecule has 0 saturated heterocycles. The third-order valence-electron chi connectivity index (χ3n) is 4.77. The molecular formula is C22H29N3O3. The van der Waals surface area contributed by atoms with Gasteiger partial charge in [0.15, 0.2) is 0 Å². The topological polar surface area (TPSA) is 91.3 Å².